The fourth-order valence-corrected chi connectivity index (χ4v) is 5.94. The Morgan fingerprint density at radius 1 is 1.14 bits per heavy atom. The van der Waals surface area contributed by atoms with Crippen LogP contribution in [0.3, 0.4) is 0 Å². The van der Waals surface area contributed by atoms with Gasteiger partial charge >= 0.3 is 12.1 Å². The number of likely N-dealkylation sites (tertiary alicyclic amines) is 1. The summed E-state index contributed by atoms with van der Waals surface area (Å²) >= 11 is 6.32. The molecule has 2 aliphatic rings. The molecule has 1 aliphatic carbocycles. The molecule has 0 aromatic heterocycles. The molecule has 1 heterocycles. The van der Waals surface area contributed by atoms with Crippen molar-refractivity contribution in [2.75, 3.05) is 46.9 Å². The lowest BCUT2D eigenvalue weighted by atomic mass is 9.85. The molecule has 0 radical (unpaired) electrons. The van der Waals surface area contributed by atoms with Gasteiger partial charge < -0.3 is 30.3 Å². The van der Waals surface area contributed by atoms with Gasteiger partial charge in [-0.05, 0) is 49.9 Å². The number of nitrogens with one attached hydrogen (secondary N) is 3. The molecule has 1 aliphatic heterocycles. The number of carbonyl (C=O) groups excluding carboxylic acids is 2. The predicted molar refractivity (Wildman–Crippen MR) is 147 cm³/mol. The van der Waals surface area contributed by atoms with E-state index in [-0.39, 0.29) is 24.1 Å². The molecule has 0 spiro atoms. The minimum atomic E-state index is -0.482. The number of rotatable bonds is 11. The van der Waals surface area contributed by atoms with E-state index >= 15 is 0 Å². The van der Waals surface area contributed by atoms with E-state index in [1.165, 1.54) is 39.2 Å². The topological polar surface area (TPSA) is 91.9 Å². The van der Waals surface area contributed by atoms with Gasteiger partial charge in [-0.15, -0.1) is 0 Å². The van der Waals surface area contributed by atoms with Gasteiger partial charge in [-0.2, -0.15) is 0 Å². The molecule has 208 valence electrons. The minimum absolute atomic E-state index is 0.0140. The van der Waals surface area contributed by atoms with Crippen molar-refractivity contribution in [2.24, 2.45) is 11.8 Å². The number of benzene rings is 1. The highest BCUT2D eigenvalue weighted by Gasteiger charge is 2.31. The zero-order chi connectivity index (χ0) is 26.5. The maximum absolute atomic E-state index is 13.5. The Balaban J connectivity index is 1.66. The monoisotopic (exact) mass is 536 g/mol. The van der Waals surface area contributed by atoms with Crippen molar-refractivity contribution in [1.29, 1.82) is 0 Å². The van der Waals surface area contributed by atoms with Gasteiger partial charge in [-0.3, -0.25) is 0 Å². The van der Waals surface area contributed by atoms with Crippen LogP contribution in [0.15, 0.2) is 24.3 Å². The first-order valence-electron chi connectivity index (χ1n) is 13.9. The Labute approximate surface area is 227 Å². The van der Waals surface area contributed by atoms with Gasteiger partial charge in [0.05, 0.1) is 19.8 Å². The zero-order valence-corrected chi connectivity index (χ0v) is 23.2. The number of hydrogen-bond acceptors (Lipinski definition) is 5. The Kier molecular flexibility index (Phi) is 12.8. The van der Waals surface area contributed by atoms with Crippen molar-refractivity contribution in [2.45, 2.75) is 69.9 Å². The molecule has 0 unspecified atom stereocenters. The van der Waals surface area contributed by atoms with Crippen molar-refractivity contribution in [1.82, 2.24) is 20.9 Å². The van der Waals surface area contributed by atoms with Crippen LogP contribution >= 0.6 is 11.6 Å². The third-order valence-electron chi connectivity index (χ3n) is 7.58. The number of halogens is 1. The number of carbonyl (C=O) groups is 2. The van der Waals surface area contributed by atoms with Crippen LogP contribution in [0.2, 0.25) is 5.02 Å². The van der Waals surface area contributed by atoms with Crippen LogP contribution in [0.4, 0.5) is 9.59 Å². The lowest BCUT2D eigenvalue weighted by molar-refractivity contribution is 0.00413. The molecule has 3 N–H and O–H groups in total. The van der Waals surface area contributed by atoms with E-state index in [9.17, 15) is 9.59 Å². The lowest BCUT2D eigenvalue weighted by Crippen LogP contribution is -2.50. The van der Waals surface area contributed by atoms with E-state index in [0.29, 0.717) is 30.6 Å². The first-order valence-corrected chi connectivity index (χ1v) is 14.3. The van der Waals surface area contributed by atoms with Crippen LogP contribution in [0.25, 0.3) is 0 Å². The first-order chi connectivity index (χ1) is 18.0. The van der Waals surface area contributed by atoms with Gasteiger partial charge in [0, 0.05) is 43.2 Å². The third kappa shape index (κ3) is 9.98. The van der Waals surface area contributed by atoms with Gasteiger partial charge in [-0.1, -0.05) is 62.3 Å². The average Bonchev–Trinajstić information content (AvgIpc) is 3.15. The maximum Gasteiger partial charge on any atom is 0.406 e. The summed E-state index contributed by atoms with van der Waals surface area (Å²) in [6.07, 6.45) is 9.74. The highest BCUT2D eigenvalue weighted by Crippen LogP contribution is 2.34. The van der Waals surface area contributed by atoms with Crippen LogP contribution in [0, 0.1) is 11.8 Å². The number of methoxy groups -OCH3 is 1. The highest BCUT2D eigenvalue weighted by atomic mass is 35.5. The van der Waals surface area contributed by atoms with E-state index < -0.39 is 6.09 Å². The summed E-state index contributed by atoms with van der Waals surface area (Å²) in [5.74, 6) is 0.814. The molecule has 8 nitrogen and oxygen atoms in total. The molecular formula is C28H45ClN4O4. The van der Waals surface area contributed by atoms with Crippen molar-refractivity contribution in [3.8, 4) is 0 Å². The second-order valence-corrected chi connectivity index (χ2v) is 10.8. The van der Waals surface area contributed by atoms with Gasteiger partial charge in [0.15, 0.2) is 0 Å². The summed E-state index contributed by atoms with van der Waals surface area (Å²) < 4.78 is 11.0. The summed E-state index contributed by atoms with van der Waals surface area (Å²) in [4.78, 5) is 26.9. The second kappa shape index (κ2) is 16.0. The molecule has 1 aromatic rings. The van der Waals surface area contributed by atoms with Crippen LogP contribution in [-0.4, -0.2) is 70.0 Å². The molecule has 0 bridgehead atoms. The largest absolute Gasteiger partial charge is 0.453 e. The number of nitrogens with zero attached hydrogens (tertiary/aromatic N) is 1. The van der Waals surface area contributed by atoms with Crippen LogP contribution in [0.1, 0.15) is 69.5 Å². The Morgan fingerprint density at radius 2 is 1.92 bits per heavy atom. The Morgan fingerprint density at radius 3 is 2.65 bits per heavy atom. The summed E-state index contributed by atoms with van der Waals surface area (Å²) in [5, 5.41) is 9.93. The SMILES string of the molecule is CNC[C@H](CC1CCCCC1)NC(=O)N1CCCC[C@@H]([C@@H](OCCNC(=O)OC)c2cccc(Cl)c2)C1. The van der Waals surface area contributed by atoms with Crippen molar-refractivity contribution < 1.29 is 19.1 Å². The van der Waals surface area contributed by atoms with E-state index in [2.05, 4.69) is 20.7 Å². The number of likely N-dealkylation sites (N-methyl/N-ethyl adjacent to an activating group) is 1. The highest BCUT2D eigenvalue weighted by molar-refractivity contribution is 6.30. The molecule has 9 heteroatoms. The van der Waals surface area contributed by atoms with E-state index in [1.54, 1.807) is 0 Å². The van der Waals surface area contributed by atoms with Gasteiger partial charge in [0.1, 0.15) is 0 Å². The smallest absolute Gasteiger partial charge is 0.406 e. The number of urea groups is 1. The quantitative estimate of drug-likeness (QED) is 0.341. The molecule has 2 fully saturated rings. The normalized spacial score (nSPS) is 20.5. The average molecular weight is 537 g/mol. The maximum atomic E-state index is 13.5. The molecule has 1 saturated heterocycles. The summed E-state index contributed by atoms with van der Waals surface area (Å²) in [5.41, 5.74) is 0.989. The summed E-state index contributed by atoms with van der Waals surface area (Å²) in [6, 6.07) is 7.87. The van der Waals surface area contributed by atoms with Crippen LogP contribution < -0.4 is 16.0 Å². The van der Waals surface area contributed by atoms with Gasteiger partial charge in [-0.25, -0.2) is 9.59 Å². The van der Waals surface area contributed by atoms with Crippen molar-refractivity contribution in [3.63, 3.8) is 0 Å². The summed E-state index contributed by atoms with van der Waals surface area (Å²) in [6.45, 7) is 2.81. The van der Waals surface area contributed by atoms with E-state index in [0.717, 1.165) is 44.3 Å². The van der Waals surface area contributed by atoms with Gasteiger partial charge in [0.2, 0.25) is 0 Å². The molecular weight excluding hydrogens is 492 g/mol. The second-order valence-electron chi connectivity index (χ2n) is 10.4. The van der Waals surface area contributed by atoms with E-state index in [4.69, 9.17) is 16.3 Å². The Hall–Kier alpha value is -2.03. The summed E-state index contributed by atoms with van der Waals surface area (Å²) in [7, 11) is 3.29. The van der Waals surface area contributed by atoms with Crippen molar-refractivity contribution in [3.05, 3.63) is 34.9 Å². The Bertz CT molecular complexity index is 836. The van der Waals surface area contributed by atoms with Crippen LogP contribution in [-0.2, 0) is 9.47 Å². The van der Waals surface area contributed by atoms with Gasteiger partial charge in [0.25, 0.3) is 0 Å². The lowest BCUT2D eigenvalue weighted by Gasteiger charge is -2.33. The molecule has 3 rings (SSSR count). The third-order valence-corrected chi connectivity index (χ3v) is 7.81. The molecule has 3 atom stereocenters. The number of ether oxygens (including phenoxy) is 2. The number of amides is 3. The standard InChI is InChI=1S/C28H45ClN4O4/c1-30-19-25(17-21-9-4-3-5-10-21)32-27(34)33-15-7-6-11-23(20-33)26(22-12-8-13-24(29)18-22)37-16-14-31-28(35)36-2/h8,12-13,18,21,23,25-26,30H,3-7,9-11,14-17,19-20H2,1-2H3,(H,31,35)(H,32,34)/t23-,25+,26+/m1/s1. The molecule has 1 aromatic carbocycles. The molecule has 1 saturated carbocycles. The fraction of sp³-hybridized carbons (Fsp3) is 0.714. The number of alkyl carbamates (subject to hydrolysis) is 1. The fourth-order valence-electron chi connectivity index (χ4n) is 5.74. The predicted octanol–water partition coefficient (Wildman–Crippen LogP) is 5.12. The van der Waals surface area contributed by atoms with Crippen molar-refractivity contribution >= 4 is 23.7 Å². The minimum Gasteiger partial charge on any atom is -0.453 e. The molecule has 37 heavy (non-hydrogen) atoms. The van der Waals surface area contributed by atoms with Crippen LogP contribution in [0.5, 0.6) is 0 Å². The first kappa shape index (κ1) is 29.5. The molecule has 3 amide bonds. The number of hydrogen-bond donors (Lipinski definition) is 3. The zero-order valence-electron chi connectivity index (χ0n) is 22.5. The van der Waals surface area contributed by atoms with E-state index in [1.807, 2.05) is 36.2 Å².